The maximum Gasteiger partial charge on any atom is 0.340 e. The molecule has 0 radical (unpaired) electrons. The fraction of sp³-hybridized carbons (Fsp3) is 0.243. The topological polar surface area (TPSA) is 108 Å². The Hall–Kier alpha value is -5.07. The molecule has 2 aromatic heterocycles. The second kappa shape index (κ2) is 15.4. The van der Waals surface area contributed by atoms with Gasteiger partial charge in [-0.2, -0.15) is 0 Å². The number of piperazine rings is 1. The molecule has 49 heavy (non-hydrogen) atoms. The first kappa shape index (κ1) is 33.8. The van der Waals surface area contributed by atoms with Gasteiger partial charge in [0.05, 0.1) is 18.2 Å². The number of carbonyl (C=O) groups is 3. The van der Waals surface area contributed by atoms with Crippen molar-refractivity contribution in [2.75, 3.05) is 38.5 Å². The molecular formula is C37H35F2N5O4S. The number of H-pyrrole nitrogens is 1. The molecule has 3 heterocycles. The maximum atomic E-state index is 14.1. The van der Waals surface area contributed by atoms with Crippen LogP contribution in [-0.4, -0.2) is 82.1 Å². The number of amides is 2. The monoisotopic (exact) mass is 683 g/mol. The number of ether oxygens (including phenoxy) is 1. The second-order valence-electron chi connectivity index (χ2n) is 11.6. The number of halogens is 2. The van der Waals surface area contributed by atoms with Crippen molar-refractivity contribution in [2.45, 2.75) is 24.0 Å². The molecule has 1 fully saturated rings. The van der Waals surface area contributed by atoms with Gasteiger partial charge < -0.3 is 19.9 Å². The number of thioether (sulfide) groups is 1. The van der Waals surface area contributed by atoms with Gasteiger partial charge in [-0.05, 0) is 66.6 Å². The number of hydrogen-bond acceptors (Lipinski definition) is 7. The normalized spacial score (nSPS) is 14.2. The van der Waals surface area contributed by atoms with E-state index in [1.807, 2.05) is 24.3 Å². The first-order chi connectivity index (χ1) is 23.8. The average Bonchev–Trinajstić information content (AvgIpc) is 3.57. The molecule has 6 rings (SSSR count). The van der Waals surface area contributed by atoms with Gasteiger partial charge >= 0.3 is 5.97 Å². The molecule has 3 aromatic carbocycles. The summed E-state index contributed by atoms with van der Waals surface area (Å²) in [6, 6.07) is 23.8. The Bertz CT molecular complexity index is 1850. The van der Waals surface area contributed by atoms with E-state index in [2.05, 4.69) is 20.2 Å². The van der Waals surface area contributed by atoms with Gasteiger partial charge in [0, 0.05) is 49.0 Å². The molecule has 0 bridgehead atoms. The predicted molar refractivity (Wildman–Crippen MR) is 183 cm³/mol. The van der Waals surface area contributed by atoms with E-state index in [0.29, 0.717) is 36.9 Å². The number of carbonyl (C=O) groups excluding carboxylic acids is 3. The summed E-state index contributed by atoms with van der Waals surface area (Å²) in [5, 5.41) is 4.18. The smallest absolute Gasteiger partial charge is 0.340 e. The Morgan fingerprint density at radius 1 is 0.898 bits per heavy atom. The van der Waals surface area contributed by atoms with Gasteiger partial charge in [-0.15, -0.1) is 11.8 Å². The van der Waals surface area contributed by atoms with Crippen LogP contribution in [0.2, 0.25) is 0 Å². The summed E-state index contributed by atoms with van der Waals surface area (Å²) < 4.78 is 32.8. The summed E-state index contributed by atoms with van der Waals surface area (Å²) >= 11 is 1.19. The second-order valence-corrected chi connectivity index (χ2v) is 12.6. The van der Waals surface area contributed by atoms with Gasteiger partial charge in [-0.3, -0.25) is 14.5 Å². The molecule has 1 atom stereocenters. The van der Waals surface area contributed by atoms with Crippen LogP contribution in [0.25, 0.3) is 10.9 Å². The number of aromatic amines is 1. The molecule has 1 saturated heterocycles. The van der Waals surface area contributed by atoms with E-state index in [1.54, 1.807) is 60.5 Å². The highest BCUT2D eigenvalue weighted by Crippen LogP contribution is 2.31. The molecule has 0 aliphatic carbocycles. The summed E-state index contributed by atoms with van der Waals surface area (Å²) in [4.78, 5) is 51.6. The Labute approximate surface area is 286 Å². The van der Waals surface area contributed by atoms with E-state index in [0.717, 1.165) is 22.0 Å². The predicted octanol–water partition coefficient (Wildman–Crippen LogP) is 5.84. The number of fused-ring (bicyclic) bond motifs is 1. The minimum absolute atomic E-state index is 0.113. The molecule has 2 amide bonds. The van der Waals surface area contributed by atoms with Gasteiger partial charge in [0.15, 0.2) is 0 Å². The lowest BCUT2D eigenvalue weighted by atomic mass is 9.96. The Balaban J connectivity index is 1.21. The molecule has 252 valence electrons. The van der Waals surface area contributed by atoms with Crippen LogP contribution >= 0.6 is 11.8 Å². The first-order valence-corrected chi connectivity index (χ1v) is 17.0. The van der Waals surface area contributed by atoms with Gasteiger partial charge in [-0.25, -0.2) is 18.6 Å². The van der Waals surface area contributed by atoms with E-state index >= 15 is 0 Å². The van der Waals surface area contributed by atoms with Crippen molar-refractivity contribution in [3.05, 3.63) is 131 Å². The van der Waals surface area contributed by atoms with E-state index < -0.39 is 17.9 Å². The van der Waals surface area contributed by atoms with E-state index in [-0.39, 0.29) is 41.5 Å². The number of nitrogens with zero attached hydrogens (tertiary/aromatic N) is 3. The zero-order valence-corrected chi connectivity index (χ0v) is 27.6. The molecule has 0 saturated carbocycles. The van der Waals surface area contributed by atoms with Gasteiger partial charge in [0.1, 0.15) is 28.4 Å². The van der Waals surface area contributed by atoms with Crippen LogP contribution in [0.4, 0.5) is 8.78 Å². The Kier molecular flexibility index (Phi) is 10.7. The maximum absolute atomic E-state index is 14.1. The number of esters is 1. The highest BCUT2D eigenvalue weighted by Gasteiger charge is 2.33. The van der Waals surface area contributed by atoms with Crippen molar-refractivity contribution in [1.29, 1.82) is 0 Å². The van der Waals surface area contributed by atoms with E-state index in [9.17, 15) is 23.2 Å². The number of hydrogen-bond donors (Lipinski definition) is 2. The van der Waals surface area contributed by atoms with Crippen molar-refractivity contribution in [2.24, 2.45) is 0 Å². The fourth-order valence-corrected chi connectivity index (χ4v) is 6.96. The third-order valence-electron chi connectivity index (χ3n) is 8.39. The lowest BCUT2D eigenvalue weighted by Crippen LogP contribution is -2.56. The SMILES string of the molecule is CCOC(=O)c1cccnc1SC[C@H](NC(=O)c1cc2ccccc2[nH]1)C(=O)N1CCN(C(c2ccc(F)cc2)c2ccc(F)cc2)CC1. The van der Waals surface area contributed by atoms with Crippen LogP contribution in [0.15, 0.2) is 102 Å². The largest absolute Gasteiger partial charge is 0.462 e. The third kappa shape index (κ3) is 7.98. The molecular weight excluding hydrogens is 649 g/mol. The number of para-hydroxylation sites is 1. The van der Waals surface area contributed by atoms with Crippen molar-refractivity contribution >= 4 is 40.4 Å². The van der Waals surface area contributed by atoms with Crippen LogP contribution < -0.4 is 5.32 Å². The van der Waals surface area contributed by atoms with Crippen molar-refractivity contribution in [3.63, 3.8) is 0 Å². The molecule has 1 aliphatic heterocycles. The quantitative estimate of drug-likeness (QED) is 0.133. The molecule has 1 aliphatic rings. The summed E-state index contributed by atoms with van der Waals surface area (Å²) in [5.41, 5.74) is 3.09. The summed E-state index contributed by atoms with van der Waals surface area (Å²) in [6.45, 7) is 3.60. The molecule has 0 unspecified atom stereocenters. The number of rotatable bonds is 11. The molecule has 0 spiro atoms. The number of pyridine rings is 1. The van der Waals surface area contributed by atoms with Gasteiger partial charge in [0.2, 0.25) is 5.91 Å². The van der Waals surface area contributed by atoms with E-state index in [4.69, 9.17) is 4.74 Å². The third-order valence-corrected chi connectivity index (χ3v) is 9.49. The summed E-state index contributed by atoms with van der Waals surface area (Å²) in [7, 11) is 0. The molecule has 9 nitrogen and oxygen atoms in total. The average molecular weight is 684 g/mol. The minimum atomic E-state index is -0.947. The lowest BCUT2D eigenvalue weighted by molar-refractivity contribution is -0.134. The summed E-state index contributed by atoms with van der Waals surface area (Å²) in [5.74, 6) is -1.82. The van der Waals surface area contributed by atoms with Crippen LogP contribution in [0, 0.1) is 11.6 Å². The van der Waals surface area contributed by atoms with Gasteiger partial charge in [-0.1, -0.05) is 42.5 Å². The van der Waals surface area contributed by atoms with Crippen molar-refractivity contribution < 1.29 is 27.9 Å². The van der Waals surface area contributed by atoms with Crippen LogP contribution in [-0.2, 0) is 9.53 Å². The Morgan fingerprint density at radius 3 is 2.18 bits per heavy atom. The first-order valence-electron chi connectivity index (χ1n) is 16.0. The van der Waals surface area contributed by atoms with Gasteiger partial charge in [0.25, 0.3) is 5.91 Å². The molecule has 5 aromatic rings. The van der Waals surface area contributed by atoms with E-state index in [1.165, 1.54) is 36.0 Å². The highest BCUT2D eigenvalue weighted by molar-refractivity contribution is 7.99. The number of aromatic nitrogens is 2. The Morgan fingerprint density at radius 2 is 1.55 bits per heavy atom. The highest BCUT2D eigenvalue weighted by atomic mass is 32.2. The zero-order chi connectivity index (χ0) is 34.3. The number of nitrogens with one attached hydrogen (secondary N) is 2. The van der Waals surface area contributed by atoms with Crippen LogP contribution in [0.1, 0.15) is 44.9 Å². The minimum Gasteiger partial charge on any atom is -0.462 e. The standard InChI is InChI=1S/C37H35F2N5O4S/c1-2-48-37(47)29-7-5-17-40-35(29)49-23-32(42-34(45)31-22-26-6-3-4-8-30(26)41-31)36(46)44-20-18-43(19-21-44)33(24-9-13-27(38)14-10-24)25-11-15-28(39)16-12-25/h3-17,22,32-33,41H,2,18-21,23H2,1H3,(H,42,45)/t32-/m0/s1. The zero-order valence-electron chi connectivity index (χ0n) is 26.8. The van der Waals surface area contributed by atoms with Crippen molar-refractivity contribution in [3.8, 4) is 0 Å². The molecule has 2 N–H and O–H groups in total. The summed E-state index contributed by atoms with van der Waals surface area (Å²) in [6.07, 6.45) is 1.56. The fourth-order valence-electron chi connectivity index (χ4n) is 5.96. The number of benzene rings is 3. The van der Waals surface area contributed by atoms with Crippen LogP contribution in [0.3, 0.4) is 0 Å². The van der Waals surface area contributed by atoms with Crippen LogP contribution in [0.5, 0.6) is 0 Å². The van der Waals surface area contributed by atoms with Crippen molar-refractivity contribution in [1.82, 2.24) is 25.1 Å². The lowest BCUT2D eigenvalue weighted by Gasteiger charge is -2.40. The molecule has 12 heteroatoms.